The molecule has 1 fully saturated rings. The molecule has 4 aromatic carbocycles. The Kier molecular flexibility index (Phi) is 8.79. The molecule has 0 spiro atoms. The molecule has 0 N–H and O–H groups in total. The van der Waals surface area contributed by atoms with Crippen LogP contribution in [0.25, 0.3) is 6.08 Å². The van der Waals surface area contributed by atoms with Gasteiger partial charge in [-0.1, -0.05) is 60.1 Å². The standard InChI is InChI=1S/C32H24ClN3O6S/c1-2-41-28-19-22(18-27(33)29(28)42-20-21-10-9-15-25(16-21)36(39)40)17-26-30(37)34(23-11-5-3-6-12-23)32(43)35(31(26)38)24-13-7-4-8-14-24/h3-19H,2,20H2,1H3. The van der Waals surface area contributed by atoms with Gasteiger partial charge < -0.3 is 9.47 Å². The van der Waals surface area contributed by atoms with E-state index in [0.717, 1.165) is 0 Å². The molecule has 0 aromatic heterocycles. The van der Waals surface area contributed by atoms with Crippen LogP contribution in [0, 0.1) is 10.1 Å². The molecule has 0 unspecified atom stereocenters. The van der Waals surface area contributed by atoms with Crippen molar-refractivity contribution in [3.05, 3.63) is 129 Å². The van der Waals surface area contributed by atoms with Crippen molar-refractivity contribution in [3.63, 3.8) is 0 Å². The van der Waals surface area contributed by atoms with E-state index < -0.39 is 16.7 Å². The van der Waals surface area contributed by atoms with Crippen LogP contribution >= 0.6 is 23.8 Å². The van der Waals surface area contributed by atoms with Crippen LogP contribution in [0.2, 0.25) is 5.02 Å². The average Bonchev–Trinajstić information content (AvgIpc) is 3.00. The molecule has 4 aromatic rings. The Bertz CT molecular complexity index is 1680. The second-order valence-electron chi connectivity index (χ2n) is 9.27. The Morgan fingerprint density at radius 3 is 2.02 bits per heavy atom. The van der Waals surface area contributed by atoms with Gasteiger partial charge in [-0.15, -0.1) is 0 Å². The number of nitrogens with zero attached hydrogens (tertiary/aromatic N) is 3. The number of amides is 2. The third-order valence-electron chi connectivity index (χ3n) is 6.43. The first-order valence-electron chi connectivity index (χ1n) is 13.2. The third-order valence-corrected chi connectivity index (χ3v) is 7.07. The van der Waals surface area contributed by atoms with Crippen LogP contribution in [0.1, 0.15) is 18.1 Å². The number of hydrogen-bond acceptors (Lipinski definition) is 7. The molecule has 1 aliphatic rings. The van der Waals surface area contributed by atoms with Gasteiger partial charge in [-0.25, -0.2) is 0 Å². The van der Waals surface area contributed by atoms with Crippen molar-refractivity contribution in [1.29, 1.82) is 0 Å². The van der Waals surface area contributed by atoms with E-state index >= 15 is 0 Å². The van der Waals surface area contributed by atoms with Crippen molar-refractivity contribution in [3.8, 4) is 11.5 Å². The Hall–Kier alpha value is -5.06. The molecule has 9 nitrogen and oxygen atoms in total. The van der Waals surface area contributed by atoms with Crippen LogP contribution in [0.3, 0.4) is 0 Å². The lowest BCUT2D eigenvalue weighted by Gasteiger charge is -2.36. The monoisotopic (exact) mass is 613 g/mol. The summed E-state index contributed by atoms with van der Waals surface area (Å²) in [5.41, 5.74) is 1.81. The predicted octanol–water partition coefficient (Wildman–Crippen LogP) is 6.97. The molecule has 0 atom stereocenters. The van der Waals surface area contributed by atoms with Gasteiger partial charge in [0.05, 0.1) is 27.9 Å². The number of para-hydroxylation sites is 2. The number of ether oxygens (including phenoxy) is 2. The highest BCUT2D eigenvalue weighted by Gasteiger charge is 2.41. The minimum atomic E-state index is -0.589. The normalized spacial score (nSPS) is 13.3. The van der Waals surface area contributed by atoms with Crippen LogP contribution < -0.4 is 19.3 Å². The van der Waals surface area contributed by atoms with Gasteiger partial charge in [-0.05, 0) is 72.7 Å². The summed E-state index contributed by atoms with van der Waals surface area (Å²) in [5.74, 6) is -0.684. The average molecular weight is 614 g/mol. The summed E-state index contributed by atoms with van der Waals surface area (Å²) in [4.78, 5) is 40.9. The molecule has 0 bridgehead atoms. The summed E-state index contributed by atoms with van der Waals surface area (Å²) in [6, 6.07) is 26.9. The van der Waals surface area contributed by atoms with Crippen LogP contribution in [-0.2, 0) is 16.2 Å². The zero-order valence-corrected chi connectivity index (χ0v) is 24.4. The van der Waals surface area contributed by atoms with Gasteiger partial charge in [-0.3, -0.25) is 29.5 Å². The number of non-ortho nitro benzene ring substituents is 1. The van der Waals surface area contributed by atoms with E-state index in [-0.39, 0.29) is 46.1 Å². The van der Waals surface area contributed by atoms with Crippen molar-refractivity contribution in [2.75, 3.05) is 16.4 Å². The maximum atomic E-state index is 13.8. The van der Waals surface area contributed by atoms with E-state index in [1.165, 1.54) is 28.0 Å². The molecule has 1 aliphatic heterocycles. The van der Waals surface area contributed by atoms with Gasteiger partial charge in [0.15, 0.2) is 16.6 Å². The fraction of sp³-hybridized carbons (Fsp3) is 0.0938. The molecule has 216 valence electrons. The van der Waals surface area contributed by atoms with Gasteiger partial charge >= 0.3 is 0 Å². The Balaban J connectivity index is 1.53. The minimum Gasteiger partial charge on any atom is -0.490 e. The molecular weight excluding hydrogens is 590 g/mol. The van der Waals surface area contributed by atoms with Gasteiger partial charge in [0.1, 0.15) is 12.2 Å². The van der Waals surface area contributed by atoms with Crippen LogP contribution in [0.15, 0.2) is 103 Å². The number of carbonyl (C=O) groups is 2. The van der Waals surface area contributed by atoms with E-state index in [4.69, 9.17) is 33.3 Å². The van der Waals surface area contributed by atoms with Crippen molar-refractivity contribution in [1.82, 2.24) is 0 Å². The first-order chi connectivity index (χ1) is 20.8. The molecule has 11 heteroatoms. The van der Waals surface area contributed by atoms with E-state index in [9.17, 15) is 19.7 Å². The summed E-state index contributed by atoms with van der Waals surface area (Å²) in [6.07, 6.45) is 1.44. The number of nitro benzene ring substituents is 1. The van der Waals surface area contributed by atoms with Crippen molar-refractivity contribution < 1.29 is 24.0 Å². The summed E-state index contributed by atoms with van der Waals surface area (Å²) in [5, 5.41) is 11.3. The first kappa shape index (κ1) is 29.4. The summed E-state index contributed by atoms with van der Waals surface area (Å²) >= 11 is 12.3. The SMILES string of the molecule is CCOc1cc(C=C2C(=O)N(c3ccccc3)C(=S)N(c3ccccc3)C2=O)cc(Cl)c1OCc1cccc([N+](=O)[O-])c1. The lowest BCUT2D eigenvalue weighted by atomic mass is 10.0. The fourth-order valence-corrected chi connectivity index (χ4v) is 5.15. The second-order valence-corrected chi connectivity index (χ2v) is 10.0. The molecule has 5 rings (SSSR count). The van der Waals surface area contributed by atoms with Crippen molar-refractivity contribution in [2.24, 2.45) is 0 Å². The molecule has 1 saturated heterocycles. The summed E-state index contributed by atoms with van der Waals surface area (Å²) in [7, 11) is 0. The van der Waals surface area contributed by atoms with E-state index in [1.54, 1.807) is 79.7 Å². The molecule has 0 saturated carbocycles. The number of rotatable bonds is 9. The Morgan fingerprint density at radius 1 is 0.860 bits per heavy atom. The van der Waals surface area contributed by atoms with Gasteiger partial charge in [-0.2, -0.15) is 0 Å². The third kappa shape index (κ3) is 6.25. The zero-order chi connectivity index (χ0) is 30.5. The quantitative estimate of drug-likeness (QED) is 0.0660. The topological polar surface area (TPSA) is 102 Å². The Morgan fingerprint density at radius 2 is 1.47 bits per heavy atom. The molecule has 0 aliphatic carbocycles. The number of thiocarbonyl (C=S) groups is 1. The second kappa shape index (κ2) is 12.8. The summed E-state index contributed by atoms with van der Waals surface area (Å²) < 4.78 is 11.7. The number of benzene rings is 4. The highest BCUT2D eigenvalue weighted by Crippen LogP contribution is 2.39. The molecule has 0 radical (unpaired) electrons. The van der Waals surface area contributed by atoms with E-state index in [0.29, 0.717) is 22.5 Å². The lowest BCUT2D eigenvalue weighted by molar-refractivity contribution is -0.384. The number of nitro groups is 1. The smallest absolute Gasteiger partial charge is 0.270 e. The maximum absolute atomic E-state index is 13.8. The van der Waals surface area contributed by atoms with Crippen LogP contribution in [0.4, 0.5) is 17.1 Å². The number of hydrogen-bond donors (Lipinski definition) is 0. The molecule has 43 heavy (non-hydrogen) atoms. The zero-order valence-electron chi connectivity index (χ0n) is 22.8. The summed E-state index contributed by atoms with van der Waals surface area (Å²) in [6.45, 7) is 2.06. The van der Waals surface area contributed by atoms with Gasteiger partial charge in [0.25, 0.3) is 17.5 Å². The first-order valence-corrected chi connectivity index (χ1v) is 13.9. The van der Waals surface area contributed by atoms with E-state index in [1.807, 2.05) is 12.1 Å². The predicted molar refractivity (Wildman–Crippen MR) is 168 cm³/mol. The largest absolute Gasteiger partial charge is 0.490 e. The van der Waals surface area contributed by atoms with Gasteiger partial charge in [0.2, 0.25) is 0 Å². The van der Waals surface area contributed by atoms with Crippen LogP contribution in [-0.4, -0.2) is 28.5 Å². The minimum absolute atomic E-state index is 0.00556. The van der Waals surface area contributed by atoms with Crippen molar-refractivity contribution in [2.45, 2.75) is 13.5 Å². The fourth-order valence-electron chi connectivity index (χ4n) is 4.50. The van der Waals surface area contributed by atoms with E-state index in [2.05, 4.69) is 0 Å². The number of anilines is 2. The van der Waals surface area contributed by atoms with Gasteiger partial charge in [0, 0.05) is 12.1 Å². The van der Waals surface area contributed by atoms with Crippen molar-refractivity contribution >= 4 is 63.9 Å². The molecule has 2 amide bonds. The number of carbonyl (C=O) groups excluding carboxylic acids is 2. The lowest BCUT2D eigenvalue weighted by Crippen LogP contribution is -2.56. The molecular formula is C32H24ClN3O6S. The highest BCUT2D eigenvalue weighted by molar-refractivity contribution is 7.81. The molecule has 1 heterocycles. The number of halogens is 1. The Labute approximate surface area is 257 Å². The van der Waals surface area contributed by atoms with Crippen LogP contribution in [0.5, 0.6) is 11.5 Å². The maximum Gasteiger partial charge on any atom is 0.270 e. The highest BCUT2D eigenvalue weighted by atomic mass is 35.5.